The average molecular weight is 362 g/mol. The first kappa shape index (κ1) is 18.8. The van der Waals surface area contributed by atoms with Gasteiger partial charge in [-0.1, -0.05) is 25.9 Å². The second-order valence-electron chi connectivity index (χ2n) is 7.77. The lowest BCUT2D eigenvalue weighted by Gasteiger charge is -2.34. The SMILES string of the molecule is COc1ccc(F)cc1CN1CCN(Cc2noc(C(C)(C)C)n2)CC1. The lowest BCUT2D eigenvalue weighted by atomic mass is 9.97. The molecule has 1 aromatic carbocycles. The molecule has 0 bridgehead atoms. The fraction of sp³-hybridized carbons (Fsp3) is 0.579. The Morgan fingerprint density at radius 3 is 2.35 bits per heavy atom. The Balaban J connectivity index is 1.53. The van der Waals surface area contributed by atoms with Crippen molar-refractivity contribution in [1.82, 2.24) is 19.9 Å². The van der Waals surface area contributed by atoms with Crippen LogP contribution in [-0.4, -0.2) is 53.2 Å². The van der Waals surface area contributed by atoms with Crippen molar-refractivity contribution in [3.63, 3.8) is 0 Å². The van der Waals surface area contributed by atoms with Gasteiger partial charge in [0.1, 0.15) is 11.6 Å². The van der Waals surface area contributed by atoms with Crippen molar-refractivity contribution in [2.24, 2.45) is 0 Å². The maximum atomic E-state index is 13.5. The second kappa shape index (κ2) is 7.72. The highest BCUT2D eigenvalue weighted by atomic mass is 19.1. The molecule has 7 heteroatoms. The fourth-order valence-corrected chi connectivity index (χ4v) is 3.04. The predicted molar refractivity (Wildman–Crippen MR) is 96.5 cm³/mol. The molecule has 2 aromatic rings. The standard InChI is InChI=1S/C19H27FN4O2/c1-19(2,3)18-21-17(22-26-18)13-24-9-7-23(8-10-24)12-14-11-15(20)5-6-16(14)25-4/h5-6,11H,7-10,12-13H2,1-4H3. The molecule has 0 amide bonds. The van der Waals surface area contributed by atoms with Gasteiger partial charge in [-0.25, -0.2) is 4.39 Å². The summed E-state index contributed by atoms with van der Waals surface area (Å²) < 4.78 is 24.2. The van der Waals surface area contributed by atoms with Gasteiger partial charge in [0, 0.05) is 43.7 Å². The molecule has 0 saturated carbocycles. The Morgan fingerprint density at radius 1 is 1.12 bits per heavy atom. The zero-order valence-corrected chi connectivity index (χ0v) is 16.0. The normalized spacial score (nSPS) is 16.8. The first-order chi connectivity index (χ1) is 12.3. The first-order valence-corrected chi connectivity index (χ1v) is 8.95. The lowest BCUT2D eigenvalue weighted by molar-refractivity contribution is 0.118. The number of benzene rings is 1. The third-order valence-electron chi connectivity index (χ3n) is 4.58. The van der Waals surface area contributed by atoms with Crippen LogP contribution in [-0.2, 0) is 18.5 Å². The third-order valence-corrected chi connectivity index (χ3v) is 4.58. The number of hydrogen-bond acceptors (Lipinski definition) is 6. The Bertz CT molecular complexity index is 733. The van der Waals surface area contributed by atoms with E-state index >= 15 is 0 Å². The highest BCUT2D eigenvalue weighted by molar-refractivity contribution is 5.33. The number of ether oxygens (including phenoxy) is 1. The van der Waals surface area contributed by atoms with E-state index < -0.39 is 0 Å². The Kier molecular flexibility index (Phi) is 5.58. The number of halogens is 1. The molecule has 0 atom stereocenters. The van der Waals surface area contributed by atoms with Gasteiger partial charge in [0.25, 0.3) is 0 Å². The van der Waals surface area contributed by atoms with E-state index in [1.165, 1.54) is 6.07 Å². The van der Waals surface area contributed by atoms with Crippen LogP contribution in [0.5, 0.6) is 5.75 Å². The molecular formula is C19H27FN4O2. The van der Waals surface area contributed by atoms with Crippen LogP contribution in [0.25, 0.3) is 0 Å². The van der Waals surface area contributed by atoms with E-state index in [9.17, 15) is 4.39 Å². The molecule has 2 heterocycles. The molecule has 26 heavy (non-hydrogen) atoms. The molecule has 0 aliphatic carbocycles. The van der Waals surface area contributed by atoms with Gasteiger partial charge in [-0.2, -0.15) is 4.98 Å². The van der Waals surface area contributed by atoms with Crippen molar-refractivity contribution in [2.75, 3.05) is 33.3 Å². The lowest BCUT2D eigenvalue weighted by Crippen LogP contribution is -2.45. The summed E-state index contributed by atoms with van der Waals surface area (Å²) in [4.78, 5) is 9.13. The van der Waals surface area contributed by atoms with Crippen LogP contribution < -0.4 is 4.74 Å². The van der Waals surface area contributed by atoms with Gasteiger partial charge in [-0.05, 0) is 18.2 Å². The van der Waals surface area contributed by atoms with E-state index in [4.69, 9.17) is 9.26 Å². The molecule has 1 fully saturated rings. The minimum atomic E-state index is -0.230. The molecule has 0 spiro atoms. The van der Waals surface area contributed by atoms with Crippen LogP contribution in [0, 0.1) is 5.82 Å². The Hall–Kier alpha value is -1.99. The predicted octanol–water partition coefficient (Wildman–Crippen LogP) is 2.83. The minimum Gasteiger partial charge on any atom is -0.496 e. The molecule has 3 rings (SSSR count). The van der Waals surface area contributed by atoms with E-state index in [-0.39, 0.29) is 11.2 Å². The molecule has 0 radical (unpaired) electrons. The second-order valence-corrected chi connectivity index (χ2v) is 7.77. The van der Waals surface area contributed by atoms with Crippen molar-refractivity contribution in [1.29, 1.82) is 0 Å². The van der Waals surface area contributed by atoms with Crippen molar-refractivity contribution in [3.05, 3.63) is 41.3 Å². The van der Waals surface area contributed by atoms with Gasteiger partial charge in [0.2, 0.25) is 5.89 Å². The highest BCUT2D eigenvalue weighted by Gasteiger charge is 2.24. The van der Waals surface area contributed by atoms with E-state index in [0.717, 1.165) is 43.3 Å². The minimum absolute atomic E-state index is 0.131. The summed E-state index contributed by atoms with van der Waals surface area (Å²) in [5.41, 5.74) is 0.752. The zero-order chi connectivity index (χ0) is 18.7. The van der Waals surface area contributed by atoms with E-state index in [1.807, 2.05) is 0 Å². The van der Waals surface area contributed by atoms with Crippen molar-refractivity contribution >= 4 is 0 Å². The molecule has 1 aliphatic rings. The van der Waals surface area contributed by atoms with Gasteiger partial charge in [0.15, 0.2) is 5.82 Å². The van der Waals surface area contributed by atoms with Gasteiger partial charge in [0.05, 0.1) is 13.7 Å². The highest BCUT2D eigenvalue weighted by Crippen LogP contribution is 2.22. The van der Waals surface area contributed by atoms with Gasteiger partial charge in [-0.15, -0.1) is 0 Å². The molecule has 1 saturated heterocycles. The van der Waals surface area contributed by atoms with Crippen LogP contribution in [0.1, 0.15) is 38.0 Å². The summed E-state index contributed by atoms with van der Waals surface area (Å²) in [7, 11) is 1.62. The molecule has 1 aliphatic heterocycles. The Labute approximate surface area is 153 Å². The molecule has 142 valence electrons. The molecule has 0 N–H and O–H groups in total. The van der Waals surface area contributed by atoms with E-state index in [2.05, 4.69) is 40.7 Å². The summed E-state index contributed by atoms with van der Waals surface area (Å²) >= 11 is 0. The van der Waals surface area contributed by atoms with Gasteiger partial charge >= 0.3 is 0 Å². The van der Waals surface area contributed by atoms with E-state index in [0.29, 0.717) is 19.0 Å². The first-order valence-electron chi connectivity index (χ1n) is 8.95. The van der Waals surface area contributed by atoms with Crippen LogP contribution >= 0.6 is 0 Å². The molecule has 6 nitrogen and oxygen atoms in total. The largest absolute Gasteiger partial charge is 0.496 e. The molecule has 0 unspecified atom stereocenters. The summed E-state index contributed by atoms with van der Waals surface area (Å²) in [5.74, 6) is 1.90. The monoisotopic (exact) mass is 362 g/mol. The van der Waals surface area contributed by atoms with Crippen LogP contribution in [0.3, 0.4) is 0 Å². The maximum Gasteiger partial charge on any atom is 0.232 e. The summed E-state index contributed by atoms with van der Waals surface area (Å²) in [6.07, 6.45) is 0. The van der Waals surface area contributed by atoms with Crippen molar-refractivity contribution in [3.8, 4) is 5.75 Å². The number of rotatable bonds is 5. The smallest absolute Gasteiger partial charge is 0.232 e. The van der Waals surface area contributed by atoms with Crippen molar-refractivity contribution in [2.45, 2.75) is 39.3 Å². The van der Waals surface area contributed by atoms with E-state index in [1.54, 1.807) is 19.2 Å². The molecule has 1 aromatic heterocycles. The average Bonchev–Trinajstić information content (AvgIpc) is 3.06. The summed E-state index contributed by atoms with van der Waals surface area (Å²) in [5, 5.41) is 4.10. The third kappa shape index (κ3) is 4.59. The quantitative estimate of drug-likeness (QED) is 0.815. The van der Waals surface area contributed by atoms with Crippen LogP contribution in [0.2, 0.25) is 0 Å². The Morgan fingerprint density at radius 2 is 1.77 bits per heavy atom. The number of methoxy groups -OCH3 is 1. The number of aromatic nitrogens is 2. The maximum absolute atomic E-state index is 13.5. The van der Waals surface area contributed by atoms with Crippen LogP contribution in [0.15, 0.2) is 22.7 Å². The summed E-state index contributed by atoms with van der Waals surface area (Å²) in [6.45, 7) is 11.2. The topological polar surface area (TPSA) is 54.6 Å². The van der Waals surface area contributed by atoms with Gasteiger partial charge < -0.3 is 9.26 Å². The van der Waals surface area contributed by atoms with Gasteiger partial charge in [-0.3, -0.25) is 9.80 Å². The number of piperazine rings is 1. The number of nitrogens with zero attached hydrogens (tertiary/aromatic N) is 4. The molecular weight excluding hydrogens is 335 g/mol. The fourth-order valence-electron chi connectivity index (χ4n) is 3.04. The zero-order valence-electron chi connectivity index (χ0n) is 16.0. The van der Waals surface area contributed by atoms with Crippen LogP contribution in [0.4, 0.5) is 4.39 Å². The number of hydrogen-bond donors (Lipinski definition) is 0. The summed E-state index contributed by atoms with van der Waals surface area (Å²) in [6, 6.07) is 4.67. The van der Waals surface area contributed by atoms with Crippen molar-refractivity contribution < 1.29 is 13.7 Å².